The SMILES string of the molecule is CCCN1C[C@@H](C(=O)N2C[C@@H](C)[C@@](O)(c3ccccc3)[C@@H](C)C2)[C@H](c2ccc(F)cc2F)C1.Cl. The minimum atomic E-state index is -1.01. The third-order valence-electron chi connectivity index (χ3n) is 7.65. The number of hydrogen-bond donors (Lipinski definition) is 1. The van der Waals surface area contributed by atoms with Crippen molar-refractivity contribution in [2.24, 2.45) is 17.8 Å². The third kappa shape index (κ3) is 4.86. The molecule has 4 nitrogen and oxygen atoms in total. The predicted octanol–water partition coefficient (Wildman–Crippen LogP) is 4.81. The van der Waals surface area contributed by atoms with Gasteiger partial charge in [-0.05, 0) is 30.2 Å². The Hall–Kier alpha value is -2.02. The maximum atomic E-state index is 14.7. The lowest BCUT2D eigenvalue weighted by molar-refractivity contribution is -0.152. The van der Waals surface area contributed by atoms with Crippen LogP contribution in [0.4, 0.5) is 8.78 Å². The van der Waals surface area contributed by atoms with Crippen LogP contribution in [0, 0.1) is 29.4 Å². The number of nitrogens with zero attached hydrogens (tertiary/aromatic N) is 2. The molecule has 0 unspecified atom stereocenters. The number of benzene rings is 2. The van der Waals surface area contributed by atoms with Crippen LogP contribution in [-0.2, 0) is 10.4 Å². The second-order valence-corrected chi connectivity index (χ2v) is 9.88. The van der Waals surface area contributed by atoms with Gasteiger partial charge in [0.15, 0.2) is 0 Å². The summed E-state index contributed by atoms with van der Waals surface area (Å²) in [4.78, 5) is 17.8. The number of aliphatic hydroxyl groups is 1. The second-order valence-electron chi connectivity index (χ2n) is 9.88. The quantitative estimate of drug-likeness (QED) is 0.651. The fourth-order valence-corrected chi connectivity index (χ4v) is 5.94. The van der Waals surface area contributed by atoms with E-state index in [0.29, 0.717) is 31.7 Å². The molecule has 0 saturated carbocycles. The molecule has 186 valence electrons. The van der Waals surface area contributed by atoms with Crippen molar-refractivity contribution in [3.05, 3.63) is 71.3 Å². The summed E-state index contributed by atoms with van der Waals surface area (Å²) in [7, 11) is 0. The summed E-state index contributed by atoms with van der Waals surface area (Å²) in [6.07, 6.45) is 0.946. The van der Waals surface area contributed by atoms with Crippen molar-refractivity contribution in [3.8, 4) is 0 Å². The minimum Gasteiger partial charge on any atom is -0.384 e. The van der Waals surface area contributed by atoms with Gasteiger partial charge in [-0.3, -0.25) is 4.79 Å². The van der Waals surface area contributed by atoms with Crippen molar-refractivity contribution < 1.29 is 18.7 Å². The van der Waals surface area contributed by atoms with Gasteiger partial charge in [0, 0.05) is 50.0 Å². The molecule has 34 heavy (non-hydrogen) atoms. The Morgan fingerprint density at radius 2 is 1.68 bits per heavy atom. The van der Waals surface area contributed by atoms with Crippen molar-refractivity contribution in [2.45, 2.75) is 38.7 Å². The van der Waals surface area contributed by atoms with E-state index < -0.39 is 17.2 Å². The molecule has 7 heteroatoms. The average Bonchev–Trinajstić information content (AvgIpc) is 3.21. The van der Waals surface area contributed by atoms with E-state index in [1.807, 2.05) is 49.1 Å². The third-order valence-corrected chi connectivity index (χ3v) is 7.65. The molecule has 1 amide bonds. The highest BCUT2D eigenvalue weighted by Gasteiger charge is 2.49. The number of piperidine rings is 1. The zero-order valence-corrected chi connectivity index (χ0v) is 20.9. The lowest BCUT2D eigenvalue weighted by Gasteiger charge is -2.48. The number of likely N-dealkylation sites (tertiary alicyclic amines) is 2. The highest BCUT2D eigenvalue weighted by Crippen LogP contribution is 2.43. The molecule has 0 radical (unpaired) electrons. The molecular weight excluding hydrogens is 458 g/mol. The highest BCUT2D eigenvalue weighted by atomic mass is 35.5. The maximum absolute atomic E-state index is 14.7. The van der Waals surface area contributed by atoms with Gasteiger partial charge in [-0.15, -0.1) is 12.4 Å². The van der Waals surface area contributed by atoms with Crippen LogP contribution in [0.2, 0.25) is 0 Å². The standard InChI is InChI=1S/C27H34F2N2O2.ClH/c1-4-12-30-16-23(22-11-10-21(28)13-25(22)29)24(17-30)26(32)31-14-18(2)27(33,19(3)15-31)20-8-6-5-7-9-20;/h5-11,13,18-19,23-24,33H,4,12,14-17H2,1-3H3;1H/t18-,19+,23-,24+,27+;/m0./s1. The monoisotopic (exact) mass is 492 g/mol. The van der Waals surface area contributed by atoms with Crippen LogP contribution in [0.15, 0.2) is 48.5 Å². The van der Waals surface area contributed by atoms with Gasteiger partial charge in [-0.2, -0.15) is 0 Å². The van der Waals surface area contributed by atoms with E-state index in [2.05, 4.69) is 11.8 Å². The van der Waals surface area contributed by atoms with Gasteiger partial charge in [0.05, 0.1) is 11.5 Å². The van der Waals surface area contributed by atoms with Crippen LogP contribution >= 0.6 is 12.4 Å². The van der Waals surface area contributed by atoms with Gasteiger partial charge in [-0.25, -0.2) is 8.78 Å². The number of carbonyl (C=O) groups is 1. The first kappa shape index (κ1) is 26.6. The molecule has 0 aliphatic carbocycles. The number of hydrogen-bond acceptors (Lipinski definition) is 3. The topological polar surface area (TPSA) is 43.8 Å². The summed E-state index contributed by atoms with van der Waals surface area (Å²) in [5, 5.41) is 11.6. The summed E-state index contributed by atoms with van der Waals surface area (Å²) in [5.41, 5.74) is 0.273. The molecule has 2 aromatic rings. The van der Waals surface area contributed by atoms with Crippen molar-refractivity contribution in [3.63, 3.8) is 0 Å². The first-order valence-corrected chi connectivity index (χ1v) is 12.0. The lowest BCUT2D eigenvalue weighted by atomic mass is 9.70. The van der Waals surface area contributed by atoms with Crippen LogP contribution in [0.3, 0.4) is 0 Å². The zero-order chi connectivity index (χ0) is 23.8. The van der Waals surface area contributed by atoms with Crippen LogP contribution in [-0.4, -0.2) is 53.5 Å². The molecule has 5 atom stereocenters. The number of halogens is 3. The Kier molecular flexibility index (Phi) is 8.38. The van der Waals surface area contributed by atoms with Crippen LogP contribution in [0.1, 0.15) is 44.2 Å². The van der Waals surface area contributed by atoms with Gasteiger partial charge in [0.25, 0.3) is 0 Å². The first-order valence-electron chi connectivity index (χ1n) is 12.0. The average molecular weight is 493 g/mol. The fourth-order valence-electron chi connectivity index (χ4n) is 5.94. The Bertz CT molecular complexity index is 978. The largest absolute Gasteiger partial charge is 0.384 e. The number of amides is 1. The normalized spacial score (nSPS) is 29.6. The minimum absolute atomic E-state index is 0. The molecule has 2 heterocycles. The van der Waals surface area contributed by atoms with E-state index in [1.54, 1.807) is 0 Å². The van der Waals surface area contributed by atoms with Gasteiger partial charge in [0.2, 0.25) is 5.91 Å². The Morgan fingerprint density at radius 3 is 2.26 bits per heavy atom. The van der Waals surface area contributed by atoms with Crippen molar-refractivity contribution in [1.82, 2.24) is 9.80 Å². The zero-order valence-electron chi connectivity index (χ0n) is 20.1. The van der Waals surface area contributed by atoms with Gasteiger partial charge in [-0.1, -0.05) is 57.2 Å². The molecule has 0 spiro atoms. The number of rotatable bonds is 5. The lowest BCUT2D eigenvalue weighted by Crippen LogP contribution is -2.57. The van der Waals surface area contributed by atoms with Crippen molar-refractivity contribution >= 4 is 18.3 Å². The summed E-state index contributed by atoms with van der Waals surface area (Å²) in [6.45, 7) is 8.92. The molecule has 2 aliphatic rings. The molecule has 4 rings (SSSR count). The van der Waals surface area contributed by atoms with Crippen molar-refractivity contribution in [2.75, 3.05) is 32.7 Å². The molecule has 2 fully saturated rings. The smallest absolute Gasteiger partial charge is 0.227 e. The van der Waals surface area contributed by atoms with Crippen molar-refractivity contribution in [1.29, 1.82) is 0 Å². The molecular formula is C27H35ClF2N2O2. The summed E-state index contributed by atoms with van der Waals surface area (Å²) < 4.78 is 28.2. The molecule has 2 aromatic carbocycles. The highest BCUT2D eigenvalue weighted by molar-refractivity contribution is 5.85. The van der Waals surface area contributed by atoms with Gasteiger partial charge in [0.1, 0.15) is 11.6 Å². The molecule has 0 bridgehead atoms. The molecule has 0 aromatic heterocycles. The fraction of sp³-hybridized carbons (Fsp3) is 0.519. The van der Waals surface area contributed by atoms with Gasteiger partial charge < -0.3 is 14.9 Å². The van der Waals surface area contributed by atoms with E-state index in [0.717, 1.165) is 24.6 Å². The maximum Gasteiger partial charge on any atom is 0.227 e. The number of carbonyl (C=O) groups excluding carboxylic acids is 1. The summed E-state index contributed by atoms with van der Waals surface area (Å²) in [6, 6.07) is 13.3. The summed E-state index contributed by atoms with van der Waals surface area (Å²) >= 11 is 0. The molecule has 2 saturated heterocycles. The molecule has 2 aliphatic heterocycles. The Morgan fingerprint density at radius 1 is 1.03 bits per heavy atom. The Labute approximate surface area is 207 Å². The predicted molar refractivity (Wildman–Crippen MR) is 132 cm³/mol. The van der Waals surface area contributed by atoms with E-state index in [9.17, 15) is 18.7 Å². The van der Waals surface area contributed by atoms with E-state index in [1.165, 1.54) is 12.1 Å². The first-order chi connectivity index (χ1) is 15.8. The van der Waals surface area contributed by atoms with E-state index in [4.69, 9.17) is 0 Å². The second kappa shape index (κ2) is 10.7. The van der Waals surface area contributed by atoms with Crippen LogP contribution in [0.25, 0.3) is 0 Å². The summed E-state index contributed by atoms with van der Waals surface area (Å²) in [5.74, 6) is -2.21. The van der Waals surface area contributed by atoms with Crippen LogP contribution < -0.4 is 0 Å². The van der Waals surface area contributed by atoms with E-state index in [-0.39, 0.29) is 42.0 Å². The van der Waals surface area contributed by atoms with Gasteiger partial charge >= 0.3 is 0 Å². The van der Waals surface area contributed by atoms with Crippen LogP contribution in [0.5, 0.6) is 0 Å². The van der Waals surface area contributed by atoms with E-state index >= 15 is 0 Å². The molecule has 1 N–H and O–H groups in total. The Balaban J connectivity index is 0.00000324.